The molecule has 9 nitrogen and oxygen atoms in total. The first-order valence-corrected chi connectivity index (χ1v) is 6.34. The van der Waals surface area contributed by atoms with Gasteiger partial charge in [-0.25, -0.2) is 9.59 Å². The molecule has 0 aliphatic carbocycles. The summed E-state index contributed by atoms with van der Waals surface area (Å²) >= 11 is 0. The number of nitrogens with two attached hydrogens (primary N) is 1. The van der Waals surface area contributed by atoms with Gasteiger partial charge in [0.05, 0.1) is 6.20 Å². The van der Waals surface area contributed by atoms with E-state index < -0.39 is 23.9 Å². The number of carboxylic acid groups (broad SMARTS) is 1. The molecule has 0 spiro atoms. The van der Waals surface area contributed by atoms with Crippen LogP contribution in [0.4, 0.5) is 4.79 Å². The van der Waals surface area contributed by atoms with Crippen LogP contribution in [0.5, 0.6) is 0 Å². The van der Waals surface area contributed by atoms with E-state index in [9.17, 15) is 14.4 Å². The molecule has 1 rings (SSSR count). The van der Waals surface area contributed by atoms with Crippen molar-refractivity contribution < 1.29 is 19.5 Å². The monoisotopic (exact) mass is 297 g/mol. The summed E-state index contributed by atoms with van der Waals surface area (Å²) in [6.45, 7) is 2.09. The molecule has 0 aliphatic heterocycles. The van der Waals surface area contributed by atoms with Crippen LogP contribution in [0.25, 0.3) is 0 Å². The summed E-state index contributed by atoms with van der Waals surface area (Å²) in [7, 11) is 1.78. The summed E-state index contributed by atoms with van der Waals surface area (Å²) in [5.74, 6) is -1.83. The van der Waals surface area contributed by atoms with Crippen molar-refractivity contribution in [3.8, 4) is 0 Å². The number of primary amides is 1. The van der Waals surface area contributed by atoms with Crippen LogP contribution in [0.3, 0.4) is 0 Å². The largest absolute Gasteiger partial charge is 0.480 e. The molecule has 116 valence electrons. The number of hydrogen-bond donors (Lipinski definition) is 4. The van der Waals surface area contributed by atoms with E-state index in [1.54, 1.807) is 17.9 Å². The lowest BCUT2D eigenvalue weighted by Gasteiger charge is -2.14. The van der Waals surface area contributed by atoms with Crippen LogP contribution in [-0.4, -0.2) is 38.8 Å². The van der Waals surface area contributed by atoms with Crippen molar-refractivity contribution in [3.63, 3.8) is 0 Å². The third kappa shape index (κ3) is 5.13. The van der Waals surface area contributed by atoms with Crippen molar-refractivity contribution in [2.24, 2.45) is 12.8 Å². The van der Waals surface area contributed by atoms with Crippen LogP contribution >= 0.6 is 0 Å². The van der Waals surface area contributed by atoms with E-state index in [1.807, 2.05) is 6.92 Å². The summed E-state index contributed by atoms with van der Waals surface area (Å²) in [6, 6.07) is -1.79. The molecule has 0 radical (unpaired) electrons. The maximum absolute atomic E-state index is 11.7. The van der Waals surface area contributed by atoms with Crippen LogP contribution < -0.4 is 16.4 Å². The minimum atomic E-state index is -1.22. The van der Waals surface area contributed by atoms with Crippen LogP contribution in [0.2, 0.25) is 0 Å². The van der Waals surface area contributed by atoms with Crippen molar-refractivity contribution in [2.45, 2.75) is 32.4 Å². The zero-order valence-corrected chi connectivity index (χ0v) is 11.9. The molecule has 0 fully saturated rings. The second-order valence-corrected chi connectivity index (χ2v) is 4.60. The predicted octanol–water partition coefficient (Wildman–Crippen LogP) is -0.754. The minimum absolute atomic E-state index is 0.0516. The minimum Gasteiger partial charge on any atom is -0.480 e. The smallest absolute Gasteiger partial charge is 0.326 e. The number of urea groups is 1. The number of nitrogens with zero attached hydrogens (tertiary/aromatic N) is 2. The van der Waals surface area contributed by atoms with E-state index in [2.05, 4.69) is 15.7 Å². The first-order valence-electron chi connectivity index (χ1n) is 6.34. The van der Waals surface area contributed by atoms with E-state index in [1.165, 1.54) is 0 Å². The number of rotatable bonds is 7. The van der Waals surface area contributed by atoms with E-state index >= 15 is 0 Å². The van der Waals surface area contributed by atoms with Gasteiger partial charge in [0.1, 0.15) is 6.04 Å². The number of aromatic nitrogens is 2. The highest BCUT2D eigenvalue weighted by Crippen LogP contribution is 2.04. The Bertz CT molecular complexity index is 540. The summed E-state index contributed by atoms with van der Waals surface area (Å²) in [5, 5.41) is 17.8. The van der Waals surface area contributed by atoms with Gasteiger partial charge in [-0.15, -0.1) is 0 Å². The molecule has 3 amide bonds. The molecule has 0 bridgehead atoms. The third-order valence-corrected chi connectivity index (χ3v) is 3.06. The van der Waals surface area contributed by atoms with E-state index in [4.69, 9.17) is 10.8 Å². The molecule has 5 N–H and O–H groups in total. The maximum atomic E-state index is 11.7. The van der Waals surface area contributed by atoms with Gasteiger partial charge in [-0.2, -0.15) is 5.10 Å². The van der Waals surface area contributed by atoms with Crippen LogP contribution in [0.15, 0.2) is 6.20 Å². The Hall–Kier alpha value is -2.58. The Morgan fingerprint density at radius 2 is 2.14 bits per heavy atom. The van der Waals surface area contributed by atoms with Gasteiger partial charge in [-0.1, -0.05) is 0 Å². The summed E-state index contributed by atoms with van der Waals surface area (Å²) in [5.41, 5.74) is 6.69. The van der Waals surface area contributed by atoms with Gasteiger partial charge < -0.3 is 21.5 Å². The molecule has 9 heteroatoms. The Morgan fingerprint density at radius 1 is 1.48 bits per heavy atom. The molecule has 21 heavy (non-hydrogen) atoms. The highest BCUT2D eigenvalue weighted by atomic mass is 16.4. The number of nitrogens with one attached hydrogen (secondary N) is 2. The van der Waals surface area contributed by atoms with Crippen LogP contribution in [0, 0.1) is 6.92 Å². The standard InChI is InChI=1S/C12H19N5O4/c1-7-8(6-15-17(7)2)5-14-12(21)16-9(11(19)20)3-4-10(13)18/h6,9H,3-5H2,1-2H3,(H2,13,18)(H,19,20)(H2,14,16,21)/t9-/m1/s1. The SMILES string of the molecule is Cc1c(CNC(=O)N[C@H](CCC(N)=O)C(=O)O)cnn1C. The molecule has 1 aromatic heterocycles. The highest BCUT2D eigenvalue weighted by molar-refractivity contribution is 5.83. The molecular weight excluding hydrogens is 278 g/mol. The third-order valence-electron chi connectivity index (χ3n) is 3.06. The fraction of sp³-hybridized carbons (Fsp3) is 0.500. The van der Waals surface area contributed by atoms with Crippen molar-refractivity contribution in [1.29, 1.82) is 0 Å². The van der Waals surface area contributed by atoms with Gasteiger partial charge in [-0.05, 0) is 13.3 Å². The molecule has 0 saturated carbocycles. The maximum Gasteiger partial charge on any atom is 0.326 e. The molecular formula is C12H19N5O4. The molecule has 0 saturated heterocycles. The van der Waals surface area contributed by atoms with E-state index in [0.29, 0.717) is 0 Å². The molecule has 0 aromatic carbocycles. The number of aryl methyl sites for hydroxylation is 1. The van der Waals surface area contributed by atoms with Crippen molar-refractivity contribution in [1.82, 2.24) is 20.4 Å². The zero-order valence-electron chi connectivity index (χ0n) is 11.9. The average Bonchev–Trinajstić information content (AvgIpc) is 2.72. The fourth-order valence-corrected chi connectivity index (χ4v) is 1.65. The van der Waals surface area contributed by atoms with Crippen molar-refractivity contribution in [3.05, 3.63) is 17.5 Å². The molecule has 1 heterocycles. The van der Waals surface area contributed by atoms with E-state index in [-0.39, 0.29) is 19.4 Å². The quantitative estimate of drug-likeness (QED) is 0.524. The van der Waals surface area contributed by atoms with Gasteiger partial charge in [0.25, 0.3) is 0 Å². The van der Waals surface area contributed by atoms with Gasteiger partial charge in [-0.3, -0.25) is 9.48 Å². The second kappa shape index (κ2) is 7.27. The molecule has 0 aliphatic rings. The Morgan fingerprint density at radius 3 is 2.62 bits per heavy atom. The fourth-order valence-electron chi connectivity index (χ4n) is 1.65. The van der Waals surface area contributed by atoms with Crippen LogP contribution in [0.1, 0.15) is 24.1 Å². The number of aliphatic carboxylic acids is 1. The second-order valence-electron chi connectivity index (χ2n) is 4.60. The summed E-state index contributed by atoms with van der Waals surface area (Å²) in [4.78, 5) is 33.3. The normalized spacial score (nSPS) is 11.7. The number of carboxylic acids is 1. The lowest BCUT2D eigenvalue weighted by molar-refractivity contribution is -0.139. The molecule has 1 atom stereocenters. The van der Waals surface area contributed by atoms with E-state index in [0.717, 1.165) is 11.3 Å². The number of carbonyl (C=O) groups is 3. The number of amides is 3. The highest BCUT2D eigenvalue weighted by Gasteiger charge is 2.20. The van der Waals surface area contributed by atoms with Crippen molar-refractivity contribution >= 4 is 17.9 Å². The number of carbonyl (C=O) groups excluding carboxylic acids is 2. The first-order chi connectivity index (χ1) is 9.81. The Kier molecular flexibility index (Phi) is 5.70. The average molecular weight is 297 g/mol. The number of hydrogen-bond acceptors (Lipinski definition) is 4. The molecule has 1 aromatic rings. The topological polar surface area (TPSA) is 139 Å². The molecule has 0 unspecified atom stereocenters. The van der Waals surface area contributed by atoms with Gasteiger partial charge in [0.15, 0.2) is 0 Å². The zero-order chi connectivity index (χ0) is 16.0. The summed E-state index contributed by atoms with van der Waals surface area (Å²) < 4.78 is 1.67. The van der Waals surface area contributed by atoms with Gasteiger partial charge >= 0.3 is 12.0 Å². The lowest BCUT2D eigenvalue weighted by atomic mass is 10.1. The van der Waals surface area contributed by atoms with Gasteiger partial charge in [0, 0.05) is 31.3 Å². The van der Waals surface area contributed by atoms with Crippen LogP contribution in [-0.2, 0) is 23.2 Å². The Balaban J connectivity index is 2.48. The predicted molar refractivity (Wildman–Crippen MR) is 73.2 cm³/mol. The summed E-state index contributed by atoms with van der Waals surface area (Å²) in [6.07, 6.45) is 1.46. The van der Waals surface area contributed by atoms with Gasteiger partial charge in [0.2, 0.25) is 5.91 Å². The Labute approximate surface area is 121 Å². The first kappa shape index (κ1) is 16.5. The van der Waals surface area contributed by atoms with Crippen molar-refractivity contribution in [2.75, 3.05) is 0 Å². The lowest BCUT2D eigenvalue weighted by Crippen LogP contribution is -2.46.